The van der Waals surface area contributed by atoms with Crippen LogP contribution in [0.5, 0.6) is 5.75 Å². The van der Waals surface area contributed by atoms with Gasteiger partial charge in [-0.1, -0.05) is 0 Å². The summed E-state index contributed by atoms with van der Waals surface area (Å²) in [6.07, 6.45) is 2.20. The van der Waals surface area contributed by atoms with Crippen LogP contribution in [-0.4, -0.2) is 11.4 Å². The Bertz CT molecular complexity index is 360. The van der Waals surface area contributed by atoms with Crippen LogP contribution in [0.4, 0.5) is 0 Å². The van der Waals surface area contributed by atoms with Crippen LogP contribution in [0.1, 0.15) is 18.0 Å². The summed E-state index contributed by atoms with van der Waals surface area (Å²) in [6, 6.07) is 6.75. The number of thioether (sulfide) groups is 1. The molecular formula is C10H12N2OS. The largest absolute Gasteiger partial charge is 0.508 e. The van der Waals surface area contributed by atoms with Crippen LogP contribution in [0.2, 0.25) is 0 Å². The summed E-state index contributed by atoms with van der Waals surface area (Å²) in [7, 11) is 0. The van der Waals surface area contributed by atoms with Gasteiger partial charge in [0.05, 0.1) is 12.5 Å². The molecule has 0 saturated carbocycles. The Hall–Kier alpha value is -1.18. The van der Waals surface area contributed by atoms with Crippen molar-refractivity contribution in [3.8, 4) is 11.8 Å². The summed E-state index contributed by atoms with van der Waals surface area (Å²) in [5.74, 6) is 0.186. The van der Waals surface area contributed by atoms with E-state index in [1.807, 2.05) is 18.4 Å². The first kappa shape index (κ1) is 10.9. The minimum absolute atomic E-state index is 0.186. The van der Waals surface area contributed by atoms with Gasteiger partial charge in [0.1, 0.15) is 5.75 Å². The average Bonchev–Trinajstić information content (AvgIpc) is 2.18. The molecule has 1 aromatic carbocycles. The molecule has 1 rings (SSSR count). The maximum atomic E-state index is 9.30. The summed E-state index contributed by atoms with van der Waals surface area (Å²) in [4.78, 5) is 1.01. The monoisotopic (exact) mass is 208 g/mol. The van der Waals surface area contributed by atoms with Gasteiger partial charge in [0.15, 0.2) is 0 Å². The molecule has 3 nitrogen and oxygen atoms in total. The van der Waals surface area contributed by atoms with Crippen molar-refractivity contribution in [2.75, 3.05) is 6.26 Å². The summed E-state index contributed by atoms with van der Waals surface area (Å²) in [6.45, 7) is 0. The Morgan fingerprint density at radius 1 is 1.64 bits per heavy atom. The SMILES string of the molecule is CSc1ccc(O)cc1[C@@H](N)CC#N. The fraction of sp³-hybridized carbons (Fsp3) is 0.300. The standard InChI is InChI=1S/C10H12N2OS/c1-14-10-3-2-7(13)6-8(10)9(12)4-5-11/h2-3,6,9,13H,4,12H2,1H3/t9-/m0/s1. The quantitative estimate of drug-likeness (QED) is 0.746. The van der Waals surface area contributed by atoms with Crippen molar-refractivity contribution in [2.45, 2.75) is 17.4 Å². The number of phenols is 1. The van der Waals surface area contributed by atoms with Crippen molar-refractivity contribution in [3.63, 3.8) is 0 Å². The van der Waals surface area contributed by atoms with Gasteiger partial charge in [0, 0.05) is 10.9 Å². The molecule has 14 heavy (non-hydrogen) atoms. The van der Waals surface area contributed by atoms with Crippen molar-refractivity contribution >= 4 is 11.8 Å². The Balaban J connectivity index is 3.04. The molecule has 0 radical (unpaired) electrons. The van der Waals surface area contributed by atoms with E-state index in [2.05, 4.69) is 0 Å². The molecular weight excluding hydrogens is 196 g/mol. The van der Waals surface area contributed by atoms with Gasteiger partial charge < -0.3 is 10.8 Å². The fourth-order valence-corrected chi connectivity index (χ4v) is 1.87. The third kappa shape index (κ3) is 2.41. The van der Waals surface area contributed by atoms with Crippen LogP contribution in [-0.2, 0) is 0 Å². The number of rotatable bonds is 3. The lowest BCUT2D eigenvalue weighted by Crippen LogP contribution is -2.10. The van der Waals surface area contributed by atoms with E-state index in [0.717, 1.165) is 10.5 Å². The minimum Gasteiger partial charge on any atom is -0.508 e. The van der Waals surface area contributed by atoms with Crippen LogP contribution in [0.3, 0.4) is 0 Å². The van der Waals surface area contributed by atoms with E-state index in [1.165, 1.54) is 0 Å². The molecule has 0 spiro atoms. The van der Waals surface area contributed by atoms with Gasteiger partial charge in [0.2, 0.25) is 0 Å². The van der Waals surface area contributed by atoms with Crippen LogP contribution < -0.4 is 5.73 Å². The zero-order chi connectivity index (χ0) is 10.6. The molecule has 0 aliphatic heterocycles. The smallest absolute Gasteiger partial charge is 0.115 e. The molecule has 74 valence electrons. The van der Waals surface area contributed by atoms with Crippen LogP contribution in [0.25, 0.3) is 0 Å². The maximum Gasteiger partial charge on any atom is 0.115 e. The van der Waals surface area contributed by atoms with Crippen molar-refractivity contribution in [3.05, 3.63) is 23.8 Å². The van der Waals surface area contributed by atoms with Crippen molar-refractivity contribution in [1.82, 2.24) is 0 Å². The number of nitriles is 1. The minimum atomic E-state index is -0.324. The molecule has 0 heterocycles. The third-order valence-electron chi connectivity index (χ3n) is 1.92. The molecule has 0 saturated heterocycles. The highest BCUT2D eigenvalue weighted by molar-refractivity contribution is 7.98. The van der Waals surface area contributed by atoms with E-state index in [0.29, 0.717) is 0 Å². The Morgan fingerprint density at radius 2 is 2.36 bits per heavy atom. The number of hydrogen-bond donors (Lipinski definition) is 2. The van der Waals surface area contributed by atoms with Gasteiger partial charge in [-0.15, -0.1) is 11.8 Å². The third-order valence-corrected chi connectivity index (χ3v) is 2.74. The number of aromatic hydroxyl groups is 1. The molecule has 0 aliphatic rings. The van der Waals surface area contributed by atoms with Gasteiger partial charge in [-0.05, 0) is 30.0 Å². The first-order valence-corrected chi connectivity index (χ1v) is 5.41. The fourth-order valence-electron chi connectivity index (χ4n) is 1.22. The second-order valence-electron chi connectivity index (χ2n) is 2.89. The van der Waals surface area contributed by atoms with Gasteiger partial charge in [-0.25, -0.2) is 0 Å². The van der Waals surface area contributed by atoms with E-state index in [-0.39, 0.29) is 18.2 Å². The molecule has 3 N–H and O–H groups in total. The Labute approximate surface area is 87.5 Å². The molecule has 0 aromatic heterocycles. The molecule has 0 bridgehead atoms. The average molecular weight is 208 g/mol. The van der Waals surface area contributed by atoms with Crippen molar-refractivity contribution in [2.24, 2.45) is 5.73 Å². The van der Waals surface area contributed by atoms with Gasteiger partial charge in [-0.2, -0.15) is 5.26 Å². The molecule has 0 amide bonds. The van der Waals surface area contributed by atoms with E-state index >= 15 is 0 Å². The lowest BCUT2D eigenvalue weighted by atomic mass is 10.1. The predicted octanol–water partition coefficient (Wildman–Crippen LogP) is 2.03. The molecule has 1 aromatic rings. The topological polar surface area (TPSA) is 70.0 Å². The number of nitrogens with zero attached hydrogens (tertiary/aromatic N) is 1. The molecule has 0 fully saturated rings. The first-order chi connectivity index (χ1) is 6.69. The lowest BCUT2D eigenvalue weighted by molar-refractivity contribution is 0.473. The van der Waals surface area contributed by atoms with E-state index in [4.69, 9.17) is 11.0 Å². The Morgan fingerprint density at radius 3 is 2.93 bits per heavy atom. The summed E-state index contributed by atoms with van der Waals surface area (Å²) < 4.78 is 0. The normalized spacial score (nSPS) is 12.1. The van der Waals surface area contributed by atoms with E-state index in [1.54, 1.807) is 23.9 Å². The number of hydrogen-bond acceptors (Lipinski definition) is 4. The second kappa shape index (κ2) is 4.89. The highest BCUT2D eigenvalue weighted by atomic mass is 32.2. The molecule has 4 heteroatoms. The van der Waals surface area contributed by atoms with Gasteiger partial charge in [0.25, 0.3) is 0 Å². The molecule has 1 atom stereocenters. The maximum absolute atomic E-state index is 9.30. The van der Waals surface area contributed by atoms with Crippen molar-refractivity contribution in [1.29, 1.82) is 5.26 Å². The van der Waals surface area contributed by atoms with E-state index < -0.39 is 0 Å². The summed E-state index contributed by atoms with van der Waals surface area (Å²) in [5, 5.41) is 17.8. The van der Waals surface area contributed by atoms with Crippen LogP contribution >= 0.6 is 11.8 Å². The molecule has 0 aliphatic carbocycles. The predicted molar refractivity (Wildman–Crippen MR) is 57.0 cm³/mol. The zero-order valence-electron chi connectivity index (χ0n) is 7.90. The first-order valence-electron chi connectivity index (χ1n) is 4.18. The van der Waals surface area contributed by atoms with Crippen LogP contribution in [0, 0.1) is 11.3 Å². The van der Waals surface area contributed by atoms with Crippen molar-refractivity contribution < 1.29 is 5.11 Å². The number of phenolic OH excluding ortho intramolecular Hbond substituents is 1. The molecule has 0 unspecified atom stereocenters. The van der Waals surface area contributed by atoms with Gasteiger partial charge >= 0.3 is 0 Å². The zero-order valence-corrected chi connectivity index (χ0v) is 8.71. The second-order valence-corrected chi connectivity index (χ2v) is 3.74. The summed E-state index contributed by atoms with van der Waals surface area (Å²) in [5.41, 5.74) is 6.64. The van der Waals surface area contributed by atoms with E-state index in [9.17, 15) is 5.11 Å². The highest BCUT2D eigenvalue weighted by Crippen LogP contribution is 2.29. The Kier molecular flexibility index (Phi) is 3.81. The lowest BCUT2D eigenvalue weighted by Gasteiger charge is -2.12. The number of nitrogens with two attached hydrogens (primary N) is 1. The van der Waals surface area contributed by atoms with Gasteiger partial charge in [-0.3, -0.25) is 0 Å². The number of benzene rings is 1. The highest BCUT2D eigenvalue weighted by Gasteiger charge is 2.10. The summed E-state index contributed by atoms with van der Waals surface area (Å²) >= 11 is 1.56. The van der Waals surface area contributed by atoms with Crippen LogP contribution in [0.15, 0.2) is 23.1 Å².